The standard InChI is InChI=1S/C11H14N2O2/c1-14-11-13-10-8(5-3-7-12)4-2-6-9(10)15-11/h2,4,6H,3,5,7,12H2,1H3. The van der Waals surface area contributed by atoms with Crippen LogP contribution in [0.4, 0.5) is 0 Å². The molecule has 1 heterocycles. The summed E-state index contributed by atoms with van der Waals surface area (Å²) in [6.45, 7) is 0.686. The molecule has 0 fully saturated rings. The highest BCUT2D eigenvalue weighted by Crippen LogP contribution is 2.23. The number of methoxy groups -OCH3 is 1. The molecular weight excluding hydrogens is 192 g/mol. The van der Waals surface area contributed by atoms with Crippen molar-refractivity contribution in [2.24, 2.45) is 5.73 Å². The lowest BCUT2D eigenvalue weighted by molar-refractivity contribution is 0.299. The van der Waals surface area contributed by atoms with E-state index < -0.39 is 0 Å². The van der Waals surface area contributed by atoms with Crippen LogP contribution in [0.5, 0.6) is 6.08 Å². The summed E-state index contributed by atoms with van der Waals surface area (Å²) in [4.78, 5) is 4.25. The molecule has 2 rings (SSSR count). The Bertz CT molecular complexity index is 451. The number of aryl methyl sites for hydroxylation is 1. The third-order valence-corrected chi connectivity index (χ3v) is 2.31. The van der Waals surface area contributed by atoms with E-state index in [4.69, 9.17) is 14.9 Å². The number of rotatable bonds is 4. The average molecular weight is 206 g/mol. The van der Waals surface area contributed by atoms with Gasteiger partial charge in [-0.3, -0.25) is 0 Å². The van der Waals surface area contributed by atoms with Gasteiger partial charge < -0.3 is 14.9 Å². The molecule has 4 nitrogen and oxygen atoms in total. The zero-order valence-corrected chi connectivity index (χ0v) is 8.69. The van der Waals surface area contributed by atoms with Gasteiger partial charge in [0.2, 0.25) is 0 Å². The number of aromatic nitrogens is 1. The predicted octanol–water partition coefficient (Wildman–Crippen LogP) is 1.73. The molecular formula is C11H14N2O2. The van der Waals surface area contributed by atoms with E-state index in [2.05, 4.69) is 4.98 Å². The van der Waals surface area contributed by atoms with Gasteiger partial charge in [-0.2, -0.15) is 4.98 Å². The van der Waals surface area contributed by atoms with E-state index in [-0.39, 0.29) is 0 Å². The van der Waals surface area contributed by atoms with Crippen LogP contribution in [0.1, 0.15) is 12.0 Å². The molecule has 1 aromatic heterocycles. The summed E-state index contributed by atoms with van der Waals surface area (Å²) in [5, 5.41) is 0. The Morgan fingerprint density at radius 2 is 2.33 bits per heavy atom. The molecule has 0 aliphatic rings. The fourth-order valence-corrected chi connectivity index (χ4v) is 1.57. The molecule has 0 saturated heterocycles. The third kappa shape index (κ3) is 1.94. The number of ether oxygens (including phenoxy) is 1. The fraction of sp³-hybridized carbons (Fsp3) is 0.364. The number of hydrogen-bond acceptors (Lipinski definition) is 4. The zero-order valence-electron chi connectivity index (χ0n) is 8.69. The van der Waals surface area contributed by atoms with Crippen molar-refractivity contribution < 1.29 is 9.15 Å². The maximum atomic E-state index is 5.48. The van der Waals surface area contributed by atoms with Crippen molar-refractivity contribution in [1.82, 2.24) is 4.98 Å². The van der Waals surface area contributed by atoms with Gasteiger partial charge in [-0.05, 0) is 31.0 Å². The summed E-state index contributed by atoms with van der Waals surface area (Å²) < 4.78 is 10.3. The van der Waals surface area contributed by atoms with E-state index in [0.29, 0.717) is 12.6 Å². The topological polar surface area (TPSA) is 61.3 Å². The Labute approximate surface area is 88.0 Å². The number of fused-ring (bicyclic) bond motifs is 1. The largest absolute Gasteiger partial charge is 0.453 e. The summed E-state index contributed by atoms with van der Waals surface area (Å²) in [7, 11) is 1.55. The molecule has 0 amide bonds. The number of nitrogens with zero attached hydrogens (tertiary/aromatic N) is 1. The van der Waals surface area contributed by atoms with Crippen LogP contribution in [-0.2, 0) is 6.42 Å². The zero-order chi connectivity index (χ0) is 10.7. The lowest BCUT2D eigenvalue weighted by atomic mass is 10.1. The molecule has 0 aliphatic heterocycles. The van der Waals surface area contributed by atoms with Crippen molar-refractivity contribution in [1.29, 1.82) is 0 Å². The Balaban J connectivity index is 2.40. The van der Waals surface area contributed by atoms with Gasteiger partial charge in [0.15, 0.2) is 5.58 Å². The lowest BCUT2D eigenvalue weighted by Crippen LogP contribution is -2.00. The second-order valence-electron chi connectivity index (χ2n) is 3.34. The van der Waals surface area contributed by atoms with Crippen molar-refractivity contribution in [2.75, 3.05) is 13.7 Å². The predicted molar refractivity (Wildman–Crippen MR) is 57.9 cm³/mol. The number of benzene rings is 1. The van der Waals surface area contributed by atoms with Gasteiger partial charge in [-0.1, -0.05) is 12.1 Å². The van der Waals surface area contributed by atoms with E-state index in [0.717, 1.165) is 29.5 Å². The molecule has 0 saturated carbocycles. The first-order valence-electron chi connectivity index (χ1n) is 4.97. The van der Waals surface area contributed by atoms with Crippen LogP contribution in [0, 0.1) is 0 Å². The van der Waals surface area contributed by atoms with Gasteiger partial charge in [0.05, 0.1) is 7.11 Å². The molecule has 15 heavy (non-hydrogen) atoms. The Morgan fingerprint density at radius 1 is 1.47 bits per heavy atom. The fourth-order valence-electron chi connectivity index (χ4n) is 1.57. The van der Waals surface area contributed by atoms with Gasteiger partial charge in [0, 0.05) is 0 Å². The first-order valence-corrected chi connectivity index (χ1v) is 4.97. The maximum Gasteiger partial charge on any atom is 0.394 e. The minimum Gasteiger partial charge on any atom is -0.453 e. The van der Waals surface area contributed by atoms with E-state index in [1.54, 1.807) is 7.11 Å². The number of hydrogen-bond donors (Lipinski definition) is 1. The van der Waals surface area contributed by atoms with Gasteiger partial charge in [-0.25, -0.2) is 0 Å². The molecule has 4 heteroatoms. The van der Waals surface area contributed by atoms with Crippen molar-refractivity contribution in [3.05, 3.63) is 23.8 Å². The Hall–Kier alpha value is -1.55. The number of oxazole rings is 1. The summed E-state index contributed by atoms with van der Waals surface area (Å²) >= 11 is 0. The first-order chi connectivity index (χ1) is 7.35. The molecule has 0 bridgehead atoms. The first kappa shape index (κ1) is 9.98. The smallest absolute Gasteiger partial charge is 0.394 e. The summed E-state index contributed by atoms with van der Waals surface area (Å²) in [6, 6.07) is 5.88. The van der Waals surface area contributed by atoms with E-state index >= 15 is 0 Å². The van der Waals surface area contributed by atoms with Crippen molar-refractivity contribution in [3.8, 4) is 6.08 Å². The number of nitrogens with two attached hydrogens (primary N) is 1. The van der Waals surface area contributed by atoms with Crippen molar-refractivity contribution in [2.45, 2.75) is 12.8 Å². The maximum absolute atomic E-state index is 5.48. The van der Waals surface area contributed by atoms with E-state index in [1.807, 2.05) is 18.2 Å². The summed E-state index contributed by atoms with van der Waals surface area (Å²) in [5.41, 5.74) is 8.28. The third-order valence-electron chi connectivity index (χ3n) is 2.31. The van der Waals surface area contributed by atoms with Crippen molar-refractivity contribution in [3.63, 3.8) is 0 Å². The molecule has 2 aromatic rings. The van der Waals surface area contributed by atoms with Gasteiger partial charge in [-0.15, -0.1) is 0 Å². The van der Waals surface area contributed by atoms with Crippen LogP contribution < -0.4 is 10.5 Å². The number of para-hydroxylation sites is 1. The average Bonchev–Trinajstić information content (AvgIpc) is 2.69. The molecule has 0 atom stereocenters. The molecule has 0 radical (unpaired) electrons. The van der Waals surface area contributed by atoms with E-state index in [1.165, 1.54) is 0 Å². The summed E-state index contributed by atoms with van der Waals surface area (Å²) in [6.07, 6.45) is 2.18. The molecule has 0 spiro atoms. The Kier molecular flexibility index (Phi) is 2.87. The monoisotopic (exact) mass is 206 g/mol. The molecule has 0 aliphatic carbocycles. The van der Waals surface area contributed by atoms with E-state index in [9.17, 15) is 0 Å². The van der Waals surface area contributed by atoms with Crippen LogP contribution in [0.15, 0.2) is 22.6 Å². The van der Waals surface area contributed by atoms with Gasteiger partial charge >= 0.3 is 6.08 Å². The normalized spacial score (nSPS) is 10.8. The second-order valence-corrected chi connectivity index (χ2v) is 3.34. The van der Waals surface area contributed by atoms with Gasteiger partial charge in [0.25, 0.3) is 0 Å². The van der Waals surface area contributed by atoms with Crippen LogP contribution in [0.2, 0.25) is 0 Å². The second kappa shape index (κ2) is 4.31. The molecule has 2 N–H and O–H groups in total. The highest BCUT2D eigenvalue weighted by molar-refractivity contribution is 5.77. The SMILES string of the molecule is COc1nc2c(CCCN)cccc2o1. The van der Waals surface area contributed by atoms with Crippen LogP contribution in [0.25, 0.3) is 11.1 Å². The van der Waals surface area contributed by atoms with Crippen LogP contribution in [-0.4, -0.2) is 18.6 Å². The molecule has 1 aromatic carbocycles. The highest BCUT2D eigenvalue weighted by Gasteiger charge is 2.08. The van der Waals surface area contributed by atoms with Crippen LogP contribution in [0.3, 0.4) is 0 Å². The minimum atomic E-state index is 0.310. The van der Waals surface area contributed by atoms with Crippen LogP contribution >= 0.6 is 0 Å². The van der Waals surface area contributed by atoms with Gasteiger partial charge in [0.1, 0.15) is 5.52 Å². The van der Waals surface area contributed by atoms with Crippen molar-refractivity contribution >= 4 is 11.1 Å². The highest BCUT2D eigenvalue weighted by atomic mass is 16.6. The molecule has 80 valence electrons. The Morgan fingerprint density at radius 3 is 3.07 bits per heavy atom. The lowest BCUT2D eigenvalue weighted by Gasteiger charge is -1.98. The summed E-state index contributed by atoms with van der Waals surface area (Å²) in [5.74, 6) is 0. The minimum absolute atomic E-state index is 0.310. The quantitative estimate of drug-likeness (QED) is 0.827. The molecule has 0 unspecified atom stereocenters.